The van der Waals surface area contributed by atoms with Crippen molar-refractivity contribution in [1.29, 1.82) is 0 Å². The Morgan fingerprint density at radius 1 is 1.18 bits per heavy atom. The van der Waals surface area contributed by atoms with E-state index < -0.39 is 17.9 Å². The van der Waals surface area contributed by atoms with Gasteiger partial charge in [0.1, 0.15) is 12.0 Å². The van der Waals surface area contributed by atoms with Crippen LogP contribution in [0.25, 0.3) is 28.1 Å². The van der Waals surface area contributed by atoms with Gasteiger partial charge in [-0.15, -0.1) is 0 Å². The minimum absolute atomic E-state index is 0.276. The van der Waals surface area contributed by atoms with Gasteiger partial charge in [0.15, 0.2) is 5.82 Å². The molecule has 5 rings (SSSR count). The van der Waals surface area contributed by atoms with E-state index in [2.05, 4.69) is 20.2 Å². The van der Waals surface area contributed by atoms with E-state index in [9.17, 15) is 13.9 Å². The third-order valence-corrected chi connectivity index (χ3v) is 5.27. The maximum absolute atomic E-state index is 13.1. The summed E-state index contributed by atoms with van der Waals surface area (Å²) in [6.45, 7) is 0. The second-order valence-corrected chi connectivity index (χ2v) is 7.22. The van der Waals surface area contributed by atoms with Crippen molar-refractivity contribution in [2.45, 2.75) is 24.9 Å². The zero-order valence-corrected chi connectivity index (χ0v) is 14.8. The Morgan fingerprint density at radius 2 is 2.04 bits per heavy atom. The second kappa shape index (κ2) is 6.20. The lowest BCUT2D eigenvalue weighted by molar-refractivity contribution is -0.142. The third kappa shape index (κ3) is 2.86. The highest BCUT2D eigenvalue weighted by molar-refractivity contribution is 5.79. The van der Waals surface area contributed by atoms with Crippen molar-refractivity contribution in [2.75, 3.05) is 0 Å². The molecule has 2 N–H and O–H groups in total. The van der Waals surface area contributed by atoms with Crippen LogP contribution in [0, 0.1) is 5.92 Å². The molecule has 142 valence electrons. The van der Waals surface area contributed by atoms with Crippen LogP contribution in [0.5, 0.6) is 0 Å². The average molecular weight is 381 g/mol. The Balaban J connectivity index is 1.47. The molecular formula is C20H17F2N5O. The standard InChI is InChI=1S/C20H17F2N5O/c21-20(22)8-15(9-20)17(28)14-6-13-4-5-27(19(13)23-10-14)16-3-1-2-12(7-16)18-24-11-25-26-18/h1-7,10-11,15,17,28H,8-9H2,(H,24,25,26)/t17-/m1/s1. The van der Waals surface area contributed by atoms with Gasteiger partial charge in [-0.25, -0.2) is 18.7 Å². The van der Waals surface area contributed by atoms with Gasteiger partial charge in [-0.2, -0.15) is 5.10 Å². The number of nitrogens with zero attached hydrogens (tertiary/aromatic N) is 4. The number of rotatable bonds is 4. The molecule has 1 atom stereocenters. The molecule has 3 heterocycles. The smallest absolute Gasteiger partial charge is 0.248 e. The van der Waals surface area contributed by atoms with Crippen LogP contribution in [-0.2, 0) is 0 Å². The van der Waals surface area contributed by atoms with E-state index in [1.165, 1.54) is 6.33 Å². The Hall–Kier alpha value is -3.13. The lowest BCUT2D eigenvalue weighted by Crippen LogP contribution is -2.38. The molecule has 0 aliphatic heterocycles. The molecule has 1 aliphatic carbocycles. The number of aromatic amines is 1. The molecule has 1 aliphatic rings. The van der Waals surface area contributed by atoms with Crippen molar-refractivity contribution in [3.63, 3.8) is 0 Å². The summed E-state index contributed by atoms with van der Waals surface area (Å²) in [4.78, 5) is 8.66. The molecule has 1 fully saturated rings. The number of hydrogen-bond donors (Lipinski definition) is 2. The summed E-state index contributed by atoms with van der Waals surface area (Å²) in [6.07, 6.45) is 3.45. The fourth-order valence-corrected chi connectivity index (χ4v) is 3.76. The number of benzene rings is 1. The van der Waals surface area contributed by atoms with E-state index in [4.69, 9.17) is 0 Å². The van der Waals surface area contributed by atoms with Gasteiger partial charge in [0, 0.05) is 47.8 Å². The summed E-state index contributed by atoms with van der Waals surface area (Å²) in [5, 5.41) is 18.0. The molecule has 28 heavy (non-hydrogen) atoms. The van der Waals surface area contributed by atoms with Gasteiger partial charge in [-0.1, -0.05) is 12.1 Å². The summed E-state index contributed by atoms with van der Waals surface area (Å²) in [7, 11) is 0. The number of fused-ring (bicyclic) bond motifs is 1. The molecule has 0 saturated heterocycles. The maximum Gasteiger partial charge on any atom is 0.248 e. The molecule has 0 radical (unpaired) electrons. The quantitative estimate of drug-likeness (QED) is 0.562. The highest BCUT2D eigenvalue weighted by Gasteiger charge is 2.48. The van der Waals surface area contributed by atoms with Crippen LogP contribution in [0.2, 0.25) is 0 Å². The number of H-pyrrole nitrogens is 1. The number of aromatic nitrogens is 5. The summed E-state index contributed by atoms with van der Waals surface area (Å²) in [5.41, 5.74) is 3.10. The van der Waals surface area contributed by atoms with Crippen molar-refractivity contribution in [3.05, 3.63) is 60.7 Å². The summed E-state index contributed by atoms with van der Waals surface area (Å²) < 4.78 is 28.1. The van der Waals surface area contributed by atoms with E-state index in [1.807, 2.05) is 47.2 Å². The van der Waals surface area contributed by atoms with E-state index in [0.29, 0.717) is 11.4 Å². The first-order valence-electron chi connectivity index (χ1n) is 8.99. The van der Waals surface area contributed by atoms with E-state index in [0.717, 1.165) is 22.3 Å². The fraction of sp³-hybridized carbons (Fsp3) is 0.250. The number of nitrogens with one attached hydrogen (secondary N) is 1. The Morgan fingerprint density at radius 3 is 2.79 bits per heavy atom. The number of aliphatic hydroxyl groups excluding tert-OH is 1. The summed E-state index contributed by atoms with van der Waals surface area (Å²) in [6, 6.07) is 11.5. The number of pyridine rings is 1. The molecule has 4 aromatic rings. The van der Waals surface area contributed by atoms with Crippen LogP contribution < -0.4 is 0 Å². The molecule has 0 bridgehead atoms. The molecule has 1 aromatic carbocycles. The van der Waals surface area contributed by atoms with Gasteiger partial charge in [0.2, 0.25) is 5.92 Å². The molecule has 1 saturated carbocycles. The zero-order chi connectivity index (χ0) is 19.3. The molecule has 0 unspecified atom stereocenters. The van der Waals surface area contributed by atoms with E-state index in [-0.39, 0.29) is 12.8 Å². The normalized spacial score (nSPS) is 17.5. The monoisotopic (exact) mass is 381 g/mol. The molecule has 0 amide bonds. The average Bonchev–Trinajstić information content (AvgIpc) is 3.35. The van der Waals surface area contributed by atoms with Crippen LogP contribution in [0.15, 0.2) is 55.1 Å². The van der Waals surface area contributed by atoms with Crippen LogP contribution in [0.4, 0.5) is 8.78 Å². The van der Waals surface area contributed by atoms with Crippen LogP contribution >= 0.6 is 0 Å². The largest absolute Gasteiger partial charge is 0.388 e. The summed E-state index contributed by atoms with van der Waals surface area (Å²) in [5.74, 6) is -2.40. The highest BCUT2D eigenvalue weighted by atomic mass is 19.3. The fourth-order valence-electron chi connectivity index (χ4n) is 3.76. The first-order valence-corrected chi connectivity index (χ1v) is 8.99. The van der Waals surface area contributed by atoms with Crippen molar-refractivity contribution in [1.82, 2.24) is 24.7 Å². The lowest BCUT2D eigenvalue weighted by atomic mass is 9.76. The maximum atomic E-state index is 13.1. The van der Waals surface area contributed by atoms with Gasteiger partial charge < -0.3 is 9.67 Å². The minimum Gasteiger partial charge on any atom is -0.388 e. The van der Waals surface area contributed by atoms with Crippen molar-refractivity contribution in [2.24, 2.45) is 5.92 Å². The van der Waals surface area contributed by atoms with E-state index >= 15 is 0 Å². The second-order valence-electron chi connectivity index (χ2n) is 7.22. The lowest BCUT2D eigenvalue weighted by Gasteiger charge is -2.37. The van der Waals surface area contributed by atoms with Gasteiger partial charge in [-0.3, -0.25) is 5.10 Å². The first-order chi connectivity index (χ1) is 13.5. The number of alkyl halides is 2. The highest BCUT2D eigenvalue weighted by Crippen LogP contribution is 2.48. The molecule has 0 spiro atoms. The topological polar surface area (TPSA) is 79.6 Å². The third-order valence-electron chi connectivity index (χ3n) is 5.27. The van der Waals surface area contributed by atoms with Gasteiger partial charge in [0.05, 0.1) is 6.10 Å². The number of hydrogen-bond acceptors (Lipinski definition) is 4. The van der Waals surface area contributed by atoms with Gasteiger partial charge >= 0.3 is 0 Å². The Kier molecular flexibility index (Phi) is 3.77. The molecular weight excluding hydrogens is 364 g/mol. The van der Waals surface area contributed by atoms with Crippen LogP contribution in [-0.4, -0.2) is 35.8 Å². The predicted molar refractivity (Wildman–Crippen MR) is 99.1 cm³/mol. The first kappa shape index (κ1) is 17.0. The van der Waals surface area contributed by atoms with Crippen molar-refractivity contribution >= 4 is 11.0 Å². The van der Waals surface area contributed by atoms with Crippen molar-refractivity contribution in [3.8, 4) is 17.1 Å². The number of halogens is 2. The predicted octanol–water partition coefficient (Wildman–Crippen LogP) is 3.89. The van der Waals surface area contributed by atoms with Gasteiger partial charge in [0.25, 0.3) is 0 Å². The number of aliphatic hydroxyl groups is 1. The Labute approximate surface area is 158 Å². The summed E-state index contributed by atoms with van der Waals surface area (Å²) >= 11 is 0. The van der Waals surface area contributed by atoms with Crippen molar-refractivity contribution < 1.29 is 13.9 Å². The zero-order valence-electron chi connectivity index (χ0n) is 14.8. The minimum atomic E-state index is -2.65. The van der Waals surface area contributed by atoms with Crippen LogP contribution in [0.3, 0.4) is 0 Å². The van der Waals surface area contributed by atoms with Crippen LogP contribution in [0.1, 0.15) is 24.5 Å². The van der Waals surface area contributed by atoms with E-state index in [1.54, 1.807) is 6.20 Å². The van der Waals surface area contributed by atoms with Gasteiger partial charge in [-0.05, 0) is 29.8 Å². The molecule has 8 heteroatoms. The Bertz CT molecular complexity index is 1130. The molecule has 3 aromatic heterocycles. The SMILES string of the molecule is O[C@H](c1cnc2c(ccn2-c2cccc(-c3ncn[nH]3)c2)c1)C1CC(F)(F)C1. The molecule has 6 nitrogen and oxygen atoms in total.